The predicted octanol–water partition coefficient (Wildman–Crippen LogP) is 4.93. The van der Waals surface area contributed by atoms with E-state index in [0.717, 1.165) is 11.1 Å². The second kappa shape index (κ2) is 6.63. The summed E-state index contributed by atoms with van der Waals surface area (Å²) >= 11 is 0. The standard InChI is InChI=1S/C19H12N2O3/c20-13-16-12-17(21(22)23)8-11-19(16)24-18-9-6-15(7-10-18)14-4-2-1-3-5-14/h1-12H. The van der Waals surface area contributed by atoms with Crippen molar-refractivity contribution in [2.45, 2.75) is 0 Å². The molecule has 5 nitrogen and oxygen atoms in total. The summed E-state index contributed by atoms with van der Waals surface area (Å²) in [4.78, 5) is 10.2. The molecular weight excluding hydrogens is 304 g/mol. The first kappa shape index (κ1) is 15.3. The highest BCUT2D eigenvalue weighted by Gasteiger charge is 2.12. The van der Waals surface area contributed by atoms with Crippen LogP contribution in [-0.4, -0.2) is 4.92 Å². The zero-order valence-corrected chi connectivity index (χ0v) is 12.5. The maximum atomic E-state index is 10.8. The van der Waals surface area contributed by atoms with Gasteiger partial charge in [-0.25, -0.2) is 0 Å². The Labute approximate surface area is 138 Å². The Morgan fingerprint density at radius 3 is 2.21 bits per heavy atom. The molecule has 0 atom stereocenters. The molecule has 3 rings (SSSR count). The number of hydrogen-bond donors (Lipinski definition) is 0. The minimum Gasteiger partial charge on any atom is -0.456 e. The lowest BCUT2D eigenvalue weighted by molar-refractivity contribution is -0.384. The number of hydrogen-bond acceptors (Lipinski definition) is 4. The summed E-state index contributed by atoms with van der Waals surface area (Å²) < 4.78 is 5.68. The lowest BCUT2D eigenvalue weighted by Gasteiger charge is -2.08. The normalized spacial score (nSPS) is 9.96. The van der Waals surface area contributed by atoms with Crippen molar-refractivity contribution in [3.05, 3.63) is 88.5 Å². The minimum atomic E-state index is -0.542. The molecular formula is C19H12N2O3. The molecule has 24 heavy (non-hydrogen) atoms. The maximum absolute atomic E-state index is 10.8. The molecule has 5 heteroatoms. The molecule has 0 aliphatic rings. The molecule has 116 valence electrons. The van der Waals surface area contributed by atoms with Gasteiger partial charge in [-0.3, -0.25) is 10.1 Å². The number of benzene rings is 3. The molecule has 0 aliphatic carbocycles. The third kappa shape index (κ3) is 3.23. The molecule has 3 aromatic carbocycles. The quantitative estimate of drug-likeness (QED) is 0.505. The van der Waals surface area contributed by atoms with Crippen LogP contribution in [-0.2, 0) is 0 Å². The monoisotopic (exact) mass is 316 g/mol. The van der Waals surface area contributed by atoms with Gasteiger partial charge in [0.1, 0.15) is 23.1 Å². The van der Waals surface area contributed by atoms with Gasteiger partial charge in [0.25, 0.3) is 5.69 Å². The molecule has 0 saturated heterocycles. The van der Waals surface area contributed by atoms with Gasteiger partial charge in [0.15, 0.2) is 0 Å². The van der Waals surface area contributed by atoms with E-state index in [0.29, 0.717) is 5.75 Å². The summed E-state index contributed by atoms with van der Waals surface area (Å²) in [6.07, 6.45) is 0. The number of nitriles is 1. The number of nitro groups is 1. The summed E-state index contributed by atoms with van der Waals surface area (Å²) in [5.74, 6) is 0.843. The highest BCUT2D eigenvalue weighted by Crippen LogP contribution is 2.29. The van der Waals surface area contributed by atoms with E-state index in [2.05, 4.69) is 0 Å². The van der Waals surface area contributed by atoms with Crippen LogP contribution in [0.3, 0.4) is 0 Å². The van der Waals surface area contributed by atoms with E-state index < -0.39 is 4.92 Å². The molecule has 0 spiro atoms. The second-order valence-corrected chi connectivity index (χ2v) is 5.04. The molecule has 0 aromatic heterocycles. The number of nitro benzene ring substituents is 1. The zero-order valence-electron chi connectivity index (χ0n) is 12.5. The first-order chi connectivity index (χ1) is 11.7. The molecule has 0 radical (unpaired) electrons. The summed E-state index contributed by atoms with van der Waals surface area (Å²) in [5.41, 5.74) is 2.12. The number of ether oxygens (including phenoxy) is 1. The van der Waals surface area contributed by atoms with E-state index in [1.807, 2.05) is 48.5 Å². The van der Waals surface area contributed by atoms with E-state index in [1.54, 1.807) is 12.1 Å². The van der Waals surface area contributed by atoms with Crippen LogP contribution in [0.2, 0.25) is 0 Å². The third-order valence-corrected chi connectivity index (χ3v) is 3.48. The molecule has 0 heterocycles. The number of non-ortho nitro benzene ring substituents is 1. The van der Waals surface area contributed by atoms with E-state index in [-0.39, 0.29) is 17.0 Å². The largest absolute Gasteiger partial charge is 0.456 e. The molecule has 0 amide bonds. The van der Waals surface area contributed by atoms with Crippen molar-refractivity contribution in [1.29, 1.82) is 5.26 Å². The van der Waals surface area contributed by atoms with Crippen LogP contribution in [0.5, 0.6) is 11.5 Å². The fraction of sp³-hybridized carbons (Fsp3) is 0. The Balaban J connectivity index is 1.84. The number of rotatable bonds is 4. The molecule has 0 bridgehead atoms. The average Bonchev–Trinajstić information content (AvgIpc) is 2.63. The van der Waals surface area contributed by atoms with Crippen LogP contribution < -0.4 is 4.74 Å². The molecule has 0 N–H and O–H groups in total. The molecule has 0 aliphatic heterocycles. The number of nitrogens with zero attached hydrogens (tertiary/aromatic N) is 2. The van der Waals surface area contributed by atoms with Crippen LogP contribution in [0.1, 0.15) is 5.56 Å². The first-order valence-electron chi connectivity index (χ1n) is 7.19. The lowest BCUT2D eigenvalue weighted by atomic mass is 10.1. The minimum absolute atomic E-state index is 0.122. The second-order valence-electron chi connectivity index (χ2n) is 5.04. The van der Waals surface area contributed by atoms with Crippen molar-refractivity contribution in [2.75, 3.05) is 0 Å². The van der Waals surface area contributed by atoms with Gasteiger partial charge in [0.05, 0.1) is 4.92 Å². The Kier molecular flexibility index (Phi) is 4.21. The van der Waals surface area contributed by atoms with Crippen molar-refractivity contribution in [1.82, 2.24) is 0 Å². The van der Waals surface area contributed by atoms with Crippen molar-refractivity contribution >= 4 is 5.69 Å². The van der Waals surface area contributed by atoms with Crippen molar-refractivity contribution in [3.63, 3.8) is 0 Å². The van der Waals surface area contributed by atoms with Gasteiger partial charge in [0, 0.05) is 12.1 Å². The van der Waals surface area contributed by atoms with Gasteiger partial charge >= 0.3 is 0 Å². The van der Waals surface area contributed by atoms with Gasteiger partial charge in [-0.2, -0.15) is 5.26 Å². The SMILES string of the molecule is N#Cc1cc([N+](=O)[O-])ccc1Oc1ccc(-c2ccccc2)cc1. The highest BCUT2D eigenvalue weighted by atomic mass is 16.6. The summed E-state index contributed by atoms with van der Waals surface area (Å²) in [6.45, 7) is 0. The van der Waals surface area contributed by atoms with Crippen LogP contribution in [0, 0.1) is 21.4 Å². The molecule has 0 unspecified atom stereocenters. The average molecular weight is 316 g/mol. The van der Waals surface area contributed by atoms with Crippen molar-refractivity contribution < 1.29 is 9.66 Å². The topological polar surface area (TPSA) is 76.2 Å². The molecule has 3 aromatic rings. The predicted molar refractivity (Wildman–Crippen MR) is 89.8 cm³/mol. The van der Waals surface area contributed by atoms with Crippen molar-refractivity contribution in [2.24, 2.45) is 0 Å². The third-order valence-electron chi connectivity index (χ3n) is 3.48. The van der Waals surface area contributed by atoms with Gasteiger partial charge < -0.3 is 4.74 Å². The Morgan fingerprint density at radius 1 is 0.917 bits per heavy atom. The molecule has 0 saturated carbocycles. The van der Waals surface area contributed by atoms with Crippen LogP contribution >= 0.6 is 0 Å². The van der Waals surface area contributed by atoms with Gasteiger partial charge in [-0.15, -0.1) is 0 Å². The maximum Gasteiger partial charge on any atom is 0.271 e. The Hall–Kier alpha value is -3.65. The van der Waals surface area contributed by atoms with E-state index in [9.17, 15) is 10.1 Å². The summed E-state index contributed by atoms with van der Waals surface area (Å²) in [6, 6.07) is 23.2. The van der Waals surface area contributed by atoms with E-state index in [4.69, 9.17) is 10.00 Å². The van der Waals surface area contributed by atoms with Crippen LogP contribution in [0.15, 0.2) is 72.8 Å². The van der Waals surface area contributed by atoms with Gasteiger partial charge in [-0.1, -0.05) is 42.5 Å². The fourth-order valence-electron chi connectivity index (χ4n) is 2.28. The Bertz CT molecular complexity index is 914. The van der Waals surface area contributed by atoms with Gasteiger partial charge in [0.2, 0.25) is 0 Å². The fourth-order valence-corrected chi connectivity index (χ4v) is 2.28. The first-order valence-corrected chi connectivity index (χ1v) is 7.19. The van der Waals surface area contributed by atoms with E-state index >= 15 is 0 Å². The van der Waals surface area contributed by atoms with Crippen LogP contribution in [0.25, 0.3) is 11.1 Å². The smallest absolute Gasteiger partial charge is 0.271 e. The van der Waals surface area contributed by atoms with Crippen LogP contribution in [0.4, 0.5) is 5.69 Å². The van der Waals surface area contributed by atoms with Gasteiger partial charge in [-0.05, 0) is 29.3 Å². The Morgan fingerprint density at radius 2 is 1.58 bits per heavy atom. The zero-order chi connectivity index (χ0) is 16.9. The highest BCUT2D eigenvalue weighted by molar-refractivity contribution is 5.64. The lowest BCUT2D eigenvalue weighted by Crippen LogP contribution is -1.92. The summed E-state index contributed by atoms with van der Waals surface area (Å²) in [7, 11) is 0. The van der Waals surface area contributed by atoms with E-state index in [1.165, 1.54) is 18.2 Å². The van der Waals surface area contributed by atoms with Crippen molar-refractivity contribution in [3.8, 4) is 28.7 Å². The molecule has 0 fully saturated rings. The summed E-state index contributed by atoms with van der Waals surface area (Å²) in [5, 5.41) is 19.9.